The number of ketones is 2. The molecule has 7 unspecified atom stereocenters. The largest absolute Gasteiger partial charge is 0.300 e. The van der Waals surface area contributed by atoms with Crippen LogP contribution in [0.4, 0.5) is 0 Å². The normalized spacial score (nSPS) is 54.2. The molecule has 5 rings (SSSR count). The SMILES string of the molecule is CC12CCC3C(CCC4CC(=O)CC(N5CC5)C43C)C1CCC2=O. The first-order chi connectivity index (χ1) is 11.4. The quantitative estimate of drug-likeness (QED) is 0.691. The van der Waals surface area contributed by atoms with Crippen LogP contribution >= 0.6 is 0 Å². The van der Waals surface area contributed by atoms with Crippen molar-refractivity contribution in [2.24, 2.45) is 34.5 Å². The van der Waals surface area contributed by atoms with E-state index in [4.69, 9.17) is 0 Å². The third kappa shape index (κ3) is 1.88. The Morgan fingerprint density at radius 3 is 2.50 bits per heavy atom. The molecule has 0 aromatic heterocycles. The van der Waals surface area contributed by atoms with E-state index in [2.05, 4.69) is 18.7 Å². The van der Waals surface area contributed by atoms with Gasteiger partial charge in [-0.1, -0.05) is 13.8 Å². The Hall–Kier alpha value is -0.700. The molecule has 0 radical (unpaired) electrons. The summed E-state index contributed by atoms with van der Waals surface area (Å²) in [4.78, 5) is 27.5. The van der Waals surface area contributed by atoms with Gasteiger partial charge in [-0.05, 0) is 61.2 Å². The van der Waals surface area contributed by atoms with Crippen molar-refractivity contribution < 1.29 is 9.59 Å². The number of carbonyl (C=O) groups excluding carboxylic acids is 2. The molecule has 7 atom stereocenters. The topological polar surface area (TPSA) is 37.1 Å². The molecular weight excluding hydrogens is 298 g/mol. The van der Waals surface area contributed by atoms with Crippen LogP contribution in [-0.2, 0) is 9.59 Å². The summed E-state index contributed by atoms with van der Waals surface area (Å²) in [5, 5.41) is 0. The van der Waals surface area contributed by atoms with E-state index in [9.17, 15) is 9.59 Å². The van der Waals surface area contributed by atoms with E-state index >= 15 is 0 Å². The Labute approximate surface area is 145 Å². The summed E-state index contributed by atoms with van der Waals surface area (Å²) in [7, 11) is 0. The number of rotatable bonds is 1. The summed E-state index contributed by atoms with van der Waals surface area (Å²) in [5.41, 5.74) is 0.282. The third-order valence-electron chi connectivity index (χ3n) is 9.21. The second-order valence-corrected chi connectivity index (χ2v) is 9.93. The molecule has 0 spiro atoms. The van der Waals surface area contributed by atoms with Crippen molar-refractivity contribution in [3.05, 3.63) is 0 Å². The van der Waals surface area contributed by atoms with Crippen molar-refractivity contribution in [3.8, 4) is 0 Å². The van der Waals surface area contributed by atoms with Crippen LogP contribution in [0.5, 0.6) is 0 Å². The first-order valence-corrected chi connectivity index (χ1v) is 10.2. The number of carbonyl (C=O) groups is 2. The molecule has 0 aromatic carbocycles. The molecule has 24 heavy (non-hydrogen) atoms. The summed E-state index contributed by atoms with van der Waals surface area (Å²) in [6.07, 6.45) is 8.35. The molecule has 1 saturated heterocycles. The van der Waals surface area contributed by atoms with Crippen LogP contribution in [0.2, 0.25) is 0 Å². The summed E-state index contributed by atoms with van der Waals surface area (Å²) < 4.78 is 0. The van der Waals surface area contributed by atoms with Crippen molar-refractivity contribution in [1.29, 1.82) is 0 Å². The van der Waals surface area contributed by atoms with E-state index in [-0.39, 0.29) is 5.41 Å². The Balaban J connectivity index is 1.52. The Morgan fingerprint density at radius 2 is 1.75 bits per heavy atom. The van der Waals surface area contributed by atoms with Crippen molar-refractivity contribution in [3.63, 3.8) is 0 Å². The maximum atomic E-state index is 12.5. The lowest BCUT2D eigenvalue weighted by molar-refractivity contribution is -0.153. The summed E-state index contributed by atoms with van der Waals surface area (Å²) in [5.74, 6) is 3.72. The molecule has 0 N–H and O–H groups in total. The molecule has 1 heterocycles. The molecule has 3 nitrogen and oxygen atoms in total. The highest BCUT2D eigenvalue weighted by molar-refractivity contribution is 5.87. The lowest BCUT2D eigenvalue weighted by Gasteiger charge is -2.62. The van der Waals surface area contributed by atoms with Crippen LogP contribution in [0.25, 0.3) is 0 Å². The summed E-state index contributed by atoms with van der Waals surface area (Å²) >= 11 is 0. The van der Waals surface area contributed by atoms with E-state index in [1.54, 1.807) is 0 Å². The second kappa shape index (κ2) is 4.93. The fourth-order valence-corrected chi connectivity index (χ4v) is 7.77. The van der Waals surface area contributed by atoms with Gasteiger partial charge in [0.2, 0.25) is 0 Å². The third-order valence-corrected chi connectivity index (χ3v) is 9.21. The predicted octanol–water partition coefficient (Wildman–Crippen LogP) is 3.46. The fraction of sp³-hybridized carbons (Fsp3) is 0.905. The molecule has 0 amide bonds. The zero-order chi connectivity index (χ0) is 16.7. The Kier molecular flexibility index (Phi) is 3.19. The molecule has 5 fully saturated rings. The summed E-state index contributed by atoms with van der Waals surface area (Å²) in [6, 6.07) is 0.484. The number of nitrogens with zero attached hydrogens (tertiary/aromatic N) is 1. The average molecular weight is 329 g/mol. The van der Waals surface area contributed by atoms with Gasteiger partial charge in [-0.15, -0.1) is 0 Å². The first-order valence-electron chi connectivity index (χ1n) is 10.2. The maximum absolute atomic E-state index is 12.5. The van der Waals surface area contributed by atoms with E-state index in [1.807, 2.05) is 0 Å². The minimum atomic E-state index is -0.0236. The lowest BCUT2D eigenvalue weighted by atomic mass is 9.44. The molecule has 5 aliphatic rings. The molecule has 0 bridgehead atoms. The minimum Gasteiger partial charge on any atom is -0.300 e. The summed E-state index contributed by atoms with van der Waals surface area (Å²) in [6.45, 7) is 7.18. The van der Waals surface area contributed by atoms with E-state index in [0.29, 0.717) is 34.9 Å². The van der Waals surface area contributed by atoms with Gasteiger partial charge in [0.1, 0.15) is 11.6 Å². The van der Waals surface area contributed by atoms with Crippen molar-refractivity contribution in [2.45, 2.75) is 71.3 Å². The molecule has 0 aromatic rings. The van der Waals surface area contributed by atoms with Gasteiger partial charge in [0.05, 0.1) is 0 Å². The van der Waals surface area contributed by atoms with E-state index in [0.717, 1.165) is 43.9 Å². The number of Topliss-reactive ketones (excluding diaryl/α,β-unsaturated/α-hetero) is 2. The Bertz CT molecular complexity index is 597. The van der Waals surface area contributed by atoms with Crippen LogP contribution in [0.15, 0.2) is 0 Å². The van der Waals surface area contributed by atoms with Crippen LogP contribution in [0, 0.1) is 34.5 Å². The molecular formula is C21H31NO2. The van der Waals surface area contributed by atoms with Crippen LogP contribution in [-0.4, -0.2) is 35.6 Å². The standard InChI is InChI=1S/C21H31NO2/c1-20-8-7-17-15(16(20)5-6-19(20)24)4-3-13-11-14(23)12-18(21(13,17)2)22-9-10-22/h13,15-18H,3-12H2,1-2H3. The molecule has 3 heteroatoms. The van der Waals surface area contributed by atoms with Gasteiger partial charge >= 0.3 is 0 Å². The van der Waals surface area contributed by atoms with Gasteiger partial charge in [0.15, 0.2) is 0 Å². The molecule has 132 valence electrons. The molecule has 4 aliphatic carbocycles. The number of hydrogen-bond donors (Lipinski definition) is 0. The molecule has 1 aliphatic heterocycles. The van der Waals surface area contributed by atoms with Gasteiger partial charge in [-0.3, -0.25) is 14.5 Å². The van der Waals surface area contributed by atoms with Gasteiger partial charge in [0, 0.05) is 43.8 Å². The minimum absolute atomic E-state index is 0.0236. The van der Waals surface area contributed by atoms with Crippen molar-refractivity contribution in [1.82, 2.24) is 4.90 Å². The monoisotopic (exact) mass is 329 g/mol. The lowest BCUT2D eigenvalue weighted by Crippen LogP contribution is -2.60. The van der Waals surface area contributed by atoms with Gasteiger partial charge in [-0.2, -0.15) is 0 Å². The van der Waals surface area contributed by atoms with E-state index < -0.39 is 0 Å². The van der Waals surface area contributed by atoms with Gasteiger partial charge in [0.25, 0.3) is 0 Å². The van der Waals surface area contributed by atoms with Crippen molar-refractivity contribution >= 4 is 11.6 Å². The van der Waals surface area contributed by atoms with Crippen LogP contribution < -0.4 is 0 Å². The van der Waals surface area contributed by atoms with Gasteiger partial charge < -0.3 is 0 Å². The highest BCUT2D eigenvalue weighted by Crippen LogP contribution is 2.66. The average Bonchev–Trinajstić information content (AvgIpc) is 3.33. The first kappa shape index (κ1) is 15.5. The van der Waals surface area contributed by atoms with Crippen molar-refractivity contribution in [2.75, 3.05) is 13.1 Å². The van der Waals surface area contributed by atoms with Crippen LogP contribution in [0.3, 0.4) is 0 Å². The second-order valence-electron chi connectivity index (χ2n) is 9.93. The fourth-order valence-electron chi connectivity index (χ4n) is 7.77. The highest BCUT2D eigenvalue weighted by atomic mass is 16.1. The van der Waals surface area contributed by atoms with Gasteiger partial charge in [-0.25, -0.2) is 0 Å². The Morgan fingerprint density at radius 1 is 0.958 bits per heavy atom. The molecule has 4 saturated carbocycles. The zero-order valence-corrected chi connectivity index (χ0v) is 15.2. The van der Waals surface area contributed by atoms with E-state index in [1.165, 1.54) is 32.4 Å². The highest BCUT2D eigenvalue weighted by Gasteiger charge is 2.63. The zero-order valence-electron chi connectivity index (χ0n) is 15.2. The maximum Gasteiger partial charge on any atom is 0.139 e. The van der Waals surface area contributed by atoms with Crippen LogP contribution in [0.1, 0.15) is 65.2 Å². The predicted molar refractivity (Wildman–Crippen MR) is 92.5 cm³/mol. The number of fused-ring (bicyclic) bond motifs is 5. The smallest absolute Gasteiger partial charge is 0.139 e. The number of hydrogen-bond acceptors (Lipinski definition) is 3.